The van der Waals surface area contributed by atoms with Crippen molar-refractivity contribution >= 4 is 23.4 Å². The highest BCUT2D eigenvalue weighted by atomic mass is 32.2. The molecule has 1 aliphatic carbocycles. The van der Waals surface area contributed by atoms with Gasteiger partial charge >= 0.3 is 0 Å². The Morgan fingerprint density at radius 3 is 2.81 bits per heavy atom. The molecule has 1 fully saturated rings. The van der Waals surface area contributed by atoms with Crippen LogP contribution in [0.1, 0.15) is 32.1 Å². The Bertz CT molecular complexity index is 459. The minimum absolute atomic E-state index is 0.0755. The van der Waals surface area contributed by atoms with E-state index < -0.39 is 0 Å². The number of benzene rings is 1. The molecule has 1 aromatic rings. The maximum Gasteiger partial charge on any atom is 0.223 e. The van der Waals surface area contributed by atoms with Crippen LogP contribution in [-0.4, -0.2) is 30.1 Å². The van der Waals surface area contributed by atoms with E-state index in [1.165, 1.54) is 12.8 Å². The smallest absolute Gasteiger partial charge is 0.223 e. The first-order valence-electron chi connectivity index (χ1n) is 7.48. The number of carbonyl (C=O) groups excluding carboxylic acids is 1. The van der Waals surface area contributed by atoms with E-state index in [1.807, 2.05) is 30.0 Å². The molecule has 3 N–H and O–H groups in total. The molecule has 0 radical (unpaired) electrons. The Labute approximate surface area is 130 Å². The molecule has 4 nitrogen and oxygen atoms in total. The number of nitrogens with two attached hydrogens (primary N) is 1. The minimum Gasteiger partial charge on any atom is -0.493 e. The van der Waals surface area contributed by atoms with Crippen molar-refractivity contribution in [2.75, 3.05) is 18.6 Å². The molecule has 1 saturated carbocycles. The Hall–Kier alpha value is -1.36. The summed E-state index contributed by atoms with van der Waals surface area (Å²) in [5.74, 6) is 0.787. The predicted octanol–water partition coefficient (Wildman–Crippen LogP) is 2.83. The first kappa shape index (κ1) is 16.0. The molecular weight excluding hydrogens is 284 g/mol. The summed E-state index contributed by atoms with van der Waals surface area (Å²) in [6.07, 6.45) is 7.13. The highest BCUT2D eigenvalue weighted by Gasteiger charge is 2.21. The molecule has 0 aromatic heterocycles. The standard InChI is InChI=1S/C16H24N2O2S/c1-21-15-7-5-13(6-8-15)18-16(19)9-10-20-14-4-2-3-12(17)11-14/h2-4,11,13,15H,5-10,17H2,1H3,(H,18,19). The van der Waals surface area contributed by atoms with Gasteiger partial charge in [-0.25, -0.2) is 0 Å². The number of ether oxygens (including phenoxy) is 1. The van der Waals surface area contributed by atoms with Gasteiger partial charge in [-0.2, -0.15) is 11.8 Å². The zero-order valence-electron chi connectivity index (χ0n) is 12.5. The summed E-state index contributed by atoms with van der Waals surface area (Å²) in [6, 6.07) is 7.60. The third kappa shape index (κ3) is 5.50. The third-order valence-electron chi connectivity index (χ3n) is 3.83. The minimum atomic E-state index is 0.0755. The van der Waals surface area contributed by atoms with Crippen LogP contribution in [0.5, 0.6) is 5.75 Å². The highest BCUT2D eigenvalue weighted by Crippen LogP contribution is 2.26. The number of rotatable bonds is 6. The lowest BCUT2D eigenvalue weighted by atomic mass is 9.95. The molecule has 116 valence electrons. The van der Waals surface area contributed by atoms with Crippen LogP contribution in [0.4, 0.5) is 5.69 Å². The number of carbonyl (C=O) groups is 1. The largest absolute Gasteiger partial charge is 0.493 e. The topological polar surface area (TPSA) is 64.3 Å². The van der Waals surface area contributed by atoms with Crippen LogP contribution in [0.25, 0.3) is 0 Å². The van der Waals surface area contributed by atoms with E-state index in [4.69, 9.17) is 10.5 Å². The molecule has 1 amide bonds. The highest BCUT2D eigenvalue weighted by molar-refractivity contribution is 7.99. The van der Waals surface area contributed by atoms with Gasteiger partial charge in [-0.1, -0.05) is 6.07 Å². The monoisotopic (exact) mass is 308 g/mol. The average molecular weight is 308 g/mol. The van der Waals surface area contributed by atoms with Gasteiger partial charge in [0.25, 0.3) is 0 Å². The Morgan fingerprint density at radius 1 is 1.38 bits per heavy atom. The van der Waals surface area contributed by atoms with Crippen molar-refractivity contribution in [1.82, 2.24) is 5.32 Å². The van der Waals surface area contributed by atoms with Crippen molar-refractivity contribution in [2.45, 2.75) is 43.4 Å². The van der Waals surface area contributed by atoms with Gasteiger partial charge in [0.05, 0.1) is 13.0 Å². The lowest BCUT2D eigenvalue weighted by Crippen LogP contribution is -2.38. The van der Waals surface area contributed by atoms with Gasteiger partial charge in [-0.3, -0.25) is 4.79 Å². The Morgan fingerprint density at radius 2 is 2.14 bits per heavy atom. The first-order chi connectivity index (χ1) is 10.2. The van der Waals surface area contributed by atoms with Crippen molar-refractivity contribution in [3.05, 3.63) is 24.3 Å². The predicted molar refractivity (Wildman–Crippen MR) is 88.7 cm³/mol. The SMILES string of the molecule is CSC1CCC(NC(=O)CCOc2cccc(N)c2)CC1. The van der Waals surface area contributed by atoms with Gasteiger partial charge in [-0.05, 0) is 44.1 Å². The number of thioether (sulfide) groups is 1. The molecule has 0 aliphatic heterocycles. The second kappa shape index (κ2) is 8.17. The molecule has 0 bridgehead atoms. The van der Waals surface area contributed by atoms with E-state index in [1.54, 1.807) is 6.07 Å². The molecule has 1 aromatic carbocycles. The van der Waals surface area contributed by atoms with Crippen molar-refractivity contribution in [3.8, 4) is 5.75 Å². The van der Waals surface area contributed by atoms with Crippen molar-refractivity contribution in [2.24, 2.45) is 0 Å². The van der Waals surface area contributed by atoms with Gasteiger partial charge in [0, 0.05) is 23.0 Å². The maximum atomic E-state index is 11.9. The van der Waals surface area contributed by atoms with E-state index >= 15 is 0 Å². The summed E-state index contributed by atoms with van der Waals surface area (Å²) < 4.78 is 5.54. The fourth-order valence-electron chi connectivity index (χ4n) is 2.61. The van der Waals surface area contributed by atoms with Crippen LogP contribution in [0.2, 0.25) is 0 Å². The average Bonchev–Trinajstić information content (AvgIpc) is 2.48. The number of hydrogen-bond donors (Lipinski definition) is 2. The van der Waals surface area contributed by atoms with Crippen LogP contribution in [0.15, 0.2) is 24.3 Å². The summed E-state index contributed by atoms with van der Waals surface area (Å²) in [5, 5.41) is 3.88. The van der Waals surface area contributed by atoms with E-state index in [0.29, 0.717) is 30.5 Å². The fourth-order valence-corrected chi connectivity index (χ4v) is 3.35. The molecule has 0 spiro atoms. The second-order valence-electron chi connectivity index (χ2n) is 5.45. The second-order valence-corrected chi connectivity index (χ2v) is 6.59. The number of amides is 1. The summed E-state index contributed by atoms with van der Waals surface area (Å²) in [7, 11) is 0. The van der Waals surface area contributed by atoms with Crippen LogP contribution < -0.4 is 15.8 Å². The molecule has 5 heteroatoms. The van der Waals surface area contributed by atoms with Crippen molar-refractivity contribution in [1.29, 1.82) is 0 Å². The van der Waals surface area contributed by atoms with Crippen molar-refractivity contribution in [3.63, 3.8) is 0 Å². The summed E-state index contributed by atoms with van der Waals surface area (Å²) in [5.41, 5.74) is 6.34. The van der Waals surface area contributed by atoms with Gasteiger partial charge in [-0.15, -0.1) is 0 Å². The van der Waals surface area contributed by atoms with Crippen molar-refractivity contribution < 1.29 is 9.53 Å². The van der Waals surface area contributed by atoms with Crippen LogP contribution in [0, 0.1) is 0 Å². The van der Waals surface area contributed by atoms with E-state index in [-0.39, 0.29) is 5.91 Å². The number of nitrogens with one attached hydrogen (secondary N) is 1. The molecule has 0 atom stereocenters. The van der Waals surface area contributed by atoms with Gasteiger partial charge < -0.3 is 15.8 Å². The van der Waals surface area contributed by atoms with E-state index in [2.05, 4.69) is 11.6 Å². The molecule has 0 heterocycles. The van der Waals surface area contributed by atoms with Crippen LogP contribution >= 0.6 is 11.8 Å². The quantitative estimate of drug-likeness (QED) is 0.793. The lowest BCUT2D eigenvalue weighted by Gasteiger charge is -2.28. The summed E-state index contributed by atoms with van der Waals surface area (Å²) in [6.45, 7) is 0.384. The normalized spacial score (nSPS) is 21.8. The molecule has 0 unspecified atom stereocenters. The number of anilines is 1. The molecule has 2 rings (SSSR count). The number of nitrogen functional groups attached to an aromatic ring is 1. The van der Waals surface area contributed by atoms with Gasteiger partial charge in [0.15, 0.2) is 0 Å². The first-order valence-corrected chi connectivity index (χ1v) is 8.76. The van der Waals surface area contributed by atoms with Gasteiger partial charge in [0.2, 0.25) is 5.91 Å². The van der Waals surface area contributed by atoms with E-state index in [9.17, 15) is 4.79 Å². The van der Waals surface area contributed by atoms with E-state index in [0.717, 1.165) is 18.1 Å². The number of hydrogen-bond acceptors (Lipinski definition) is 4. The molecular formula is C16H24N2O2S. The Balaban J connectivity index is 1.64. The summed E-state index contributed by atoms with van der Waals surface area (Å²) >= 11 is 1.94. The lowest BCUT2D eigenvalue weighted by molar-refractivity contribution is -0.122. The zero-order valence-corrected chi connectivity index (χ0v) is 13.3. The fraction of sp³-hybridized carbons (Fsp3) is 0.562. The maximum absolute atomic E-state index is 11.9. The van der Waals surface area contributed by atoms with Crippen LogP contribution in [0.3, 0.4) is 0 Å². The molecule has 0 saturated heterocycles. The molecule has 1 aliphatic rings. The summed E-state index contributed by atoms with van der Waals surface area (Å²) in [4.78, 5) is 11.9. The van der Waals surface area contributed by atoms with Crippen LogP contribution in [-0.2, 0) is 4.79 Å². The third-order valence-corrected chi connectivity index (χ3v) is 4.97. The zero-order chi connectivity index (χ0) is 15.1. The Kier molecular flexibility index (Phi) is 6.23. The van der Waals surface area contributed by atoms with Gasteiger partial charge in [0.1, 0.15) is 5.75 Å². The molecule has 21 heavy (non-hydrogen) atoms.